The molecule has 0 radical (unpaired) electrons. The van der Waals surface area contributed by atoms with Crippen LogP contribution in [0.2, 0.25) is 0 Å². The molecule has 0 unspecified atom stereocenters. The lowest BCUT2D eigenvalue weighted by Crippen LogP contribution is -2.52. The quantitative estimate of drug-likeness (QED) is 0.183. The lowest BCUT2D eigenvalue weighted by molar-refractivity contribution is -0.118. The van der Waals surface area contributed by atoms with Crippen molar-refractivity contribution < 1.29 is 19.4 Å². The number of hydrogen-bond donors (Lipinski definition) is 3. The Bertz CT molecular complexity index is 1070. The Labute approximate surface area is 217 Å². The van der Waals surface area contributed by atoms with Gasteiger partial charge in [-0.15, -0.1) is 11.3 Å². The van der Waals surface area contributed by atoms with Gasteiger partial charge >= 0.3 is 0 Å². The van der Waals surface area contributed by atoms with Crippen LogP contribution in [0.4, 0.5) is 11.4 Å². The summed E-state index contributed by atoms with van der Waals surface area (Å²) >= 11 is 6.43. The molecule has 1 aliphatic rings. The molecule has 1 aromatic carbocycles. The van der Waals surface area contributed by atoms with Gasteiger partial charge in [-0.05, 0) is 74.9 Å². The molecule has 33 heavy (non-hydrogen) atoms. The summed E-state index contributed by atoms with van der Waals surface area (Å²) in [4.78, 5) is 31.9. The van der Waals surface area contributed by atoms with Crippen LogP contribution in [0.5, 0.6) is 0 Å². The van der Waals surface area contributed by atoms with Gasteiger partial charge in [0.1, 0.15) is 5.84 Å². The van der Waals surface area contributed by atoms with E-state index in [0.717, 1.165) is 9.47 Å². The van der Waals surface area contributed by atoms with Crippen molar-refractivity contribution in [2.75, 3.05) is 36.6 Å². The lowest BCUT2D eigenvalue weighted by atomic mass is 10.1. The molecule has 0 spiro atoms. The van der Waals surface area contributed by atoms with Gasteiger partial charge in [-0.25, -0.2) is 0 Å². The van der Waals surface area contributed by atoms with Crippen LogP contribution in [0.3, 0.4) is 0 Å². The number of halogens is 2. The van der Waals surface area contributed by atoms with Crippen molar-refractivity contribution in [2.45, 2.75) is 16.4 Å². The molecule has 0 bridgehead atoms. The maximum atomic E-state index is 13.0. The van der Waals surface area contributed by atoms with E-state index in [9.17, 15) is 14.7 Å². The number of rotatable bonds is 7. The summed E-state index contributed by atoms with van der Waals surface area (Å²) in [5, 5.41) is 24.0. The number of nitrogens with one attached hydrogen (secondary N) is 2. The number of amidine groups is 1. The third kappa shape index (κ3) is 6.73. The van der Waals surface area contributed by atoms with Crippen LogP contribution < -0.4 is 15.5 Å². The van der Waals surface area contributed by atoms with Crippen molar-refractivity contribution in [2.24, 2.45) is 4.99 Å². The summed E-state index contributed by atoms with van der Waals surface area (Å²) < 4.78 is 4.94. The number of amides is 2. The number of hydrogen-bond acceptors (Lipinski definition) is 7. The summed E-state index contributed by atoms with van der Waals surface area (Å²) in [5.74, 6) is -0.223. The van der Waals surface area contributed by atoms with E-state index in [1.807, 2.05) is 45.8 Å². The topological polar surface area (TPSA) is 127 Å². The first-order chi connectivity index (χ1) is 15.9. The normalized spacial score (nSPS) is 17.0. The Morgan fingerprint density at radius 1 is 1.30 bits per heavy atom. The molecule has 1 saturated heterocycles. The van der Waals surface area contributed by atoms with E-state index in [1.54, 1.807) is 24.3 Å². The fourth-order valence-corrected chi connectivity index (χ4v) is 5.06. The van der Waals surface area contributed by atoms with E-state index in [1.165, 1.54) is 11.3 Å². The first-order valence-electron chi connectivity index (χ1n) is 9.96. The van der Waals surface area contributed by atoms with Crippen LogP contribution in [-0.2, 0) is 9.53 Å². The molecule has 2 heterocycles. The summed E-state index contributed by atoms with van der Waals surface area (Å²) in [6.45, 7) is 1.30. The van der Waals surface area contributed by atoms with Gasteiger partial charge in [0.2, 0.25) is 6.19 Å². The number of ether oxygens (including phenoxy) is 1. The van der Waals surface area contributed by atoms with E-state index in [2.05, 4.69) is 31.6 Å². The first-order valence-corrected chi connectivity index (χ1v) is 12.6. The highest BCUT2D eigenvalue weighted by Gasteiger charge is 2.37. The summed E-state index contributed by atoms with van der Waals surface area (Å²) in [6.07, 6.45) is 2.41. The molecule has 3 rings (SSSR count). The maximum absolute atomic E-state index is 13.0. The van der Waals surface area contributed by atoms with Gasteiger partial charge in [-0.2, -0.15) is 10.3 Å². The zero-order chi connectivity index (χ0) is 23.8. The number of aliphatic hydroxyl groups is 1. The van der Waals surface area contributed by atoms with Crippen molar-refractivity contribution in [1.82, 2.24) is 5.32 Å². The van der Waals surface area contributed by atoms with E-state index in [4.69, 9.17) is 10.00 Å². The standard InChI is InChI=1S/C21H21BrIN5O4S/c22-17-6-5-16(33-17)19(30)27-21(23,8-10-29)20(31)26-14-1-3-15(4-2-14)28-9-12-32-11-7-18(28)25-13-24/h1-6,29H,7-12H2,(H,26,31)(H,27,30)/b25-18+/t21-/m1/s1. The Hall–Kier alpha value is -2.05. The summed E-state index contributed by atoms with van der Waals surface area (Å²) in [6, 6.07) is 10.5. The molecule has 1 fully saturated rings. The minimum Gasteiger partial charge on any atom is -0.396 e. The number of nitrogens with zero attached hydrogens (tertiary/aromatic N) is 3. The van der Waals surface area contributed by atoms with Gasteiger partial charge < -0.3 is 25.4 Å². The Morgan fingerprint density at radius 2 is 2.06 bits per heavy atom. The number of aliphatic hydroxyl groups excluding tert-OH is 1. The smallest absolute Gasteiger partial charge is 0.262 e. The van der Waals surface area contributed by atoms with Gasteiger partial charge in [-0.3, -0.25) is 9.59 Å². The fourth-order valence-electron chi connectivity index (χ4n) is 3.16. The number of carbonyl (C=O) groups is 2. The molecule has 174 valence electrons. The van der Waals surface area contributed by atoms with Crippen molar-refractivity contribution in [3.63, 3.8) is 0 Å². The fraction of sp³-hybridized carbons (Fsp3) is 0.333. The number of nitriles is 1. The molecule has 1 aliphatic heterocycles. The number of benzene rings is 1. The van der Waals surface area contributed by atoms with Crippen molar-refractivity contribution >= 4 is 78.9 Å². The highest BCUT2D eigenvalue weighted by molar-refractivity contribution is 14.1. The van der Waals surface area contributed by atoms with Gasteiger partial charge in [0.25, 0.3) is 11.8 Å². The zero-order valence-corrected chi connectivity index (χ0v) is 21.9. The second kappa shape index (κ2) is 11.9. The van der Waals surface area contributed by atoms with Gasteiger partial charge in [-0.1, -0.05) is 0 Å². The number of aliphatic imine (C=N–C) groups is 1. The lowest BCUT2D eigenvalue weighted by Gasteiger charge is -2.27. The summed E-state index contributed by atoms with van der Waals surface area (Å²) in [5.41, 5.74) is 1.35. The molecule has 0 aliphatic carbocycles. The Morgan fingerprint density at radius 3 is 2.70 bits per heavy atom. The molecular formula is C21H21BrIN5O4S. The van der Waals surface area contributed by atoms with Crippen LogP contribution in [0.25, 0.3) is 0 Å². The minimum atomic E-state index is -1.34. The van der Waals surface area contributed by atoms with Gasteiger partial charge in [0, 0.05) is 37.4 Å². The van der Waals surface area contributed by atoms with Crippen LogP contribution in [0, 0.1) is 11.5 Å². The monoisotopic (exact) mass is 645 g/mol. The average molecular weight is 646 g/mol. The molecule has 2 aromatic rings. The highest BCUT2D eigenvalue weighted by Crippen LogP contribution is 2.27. The third-order valence-electron chi connectivity index (χ3n) is 4.78. The second-order valence-corrected chi connectivity index (χ2v) is 11.3. The van der Waals surface area contributed by atoms with Crippen molar-refractivity contribution in [3.8, 4) is 6.19 Å². The van der Waals surface area contributed by atoms with Gasteiger partial charge in [0.15, 0.2) is 3.55 Å². The van der Waals surface area contributed by atoms with Crippen LogP contribution >= 0.6 is 49.9 Å². The minimum absolute atomic E-state index is 0.0392. The predicted octanol–water partition coefficient (Wildman–Crippen LogP) is 3.50. The maximum Gasteiger partial charge on any atom is 0.262 e. The first kappa shape index (κ1) is 25.6. The molecule has 1 atom stereocenters. The van der Waals surface area contributed by atoms with Crippen LogP contribution in [0.15, 0.2) is 45.2 Å². The van der Waals surface area contributed by atoms with Crippen LogP contribution in [-0.4, -0.2) is 52.7 Å². The molecule has 3 N–H and O–H groups in total. The number of carbonyl (C=O) groups excluding carboxylic acids is 2. The van der Waals surface area contributed by atoms with Crippen molar-refractivity contribution in [3.05, 3.63) is 45.1 Å². The second-order valence-electron chi connectivity index (χ2n) is 6.98. The van der Waals surface area contributed by atoms with E-state index < -0.39 is 15.4 Å². The van der Waals surface area contributed by atoms with E-state index in [-0.39, 0.29) is 13.0 Å². The molecule has 12 heteroatoms. The van der Waals surface area contributed by atoms with E-state index in [0.29, 0.717) is 42.6 Å². The molecule has 9 nitrogen and oxygen atoms in total. The highest BCUT2D eigenvalue weighted by atomic mass is 127. The molecular weight excluding hydrogens is 625 g/mol. The number of alkyl halides is 1. The molecule has 2 amide bonds. The Balaban J connectivity index is 1.72. The van der Waals surface area contributed by atoms with Gasteiger partial charge in [0.05, 0.1) is 21.9 Å². The van der Waals surface area contributed by atoms with Crippen molar-refractivity contribution in [1.29, 1.82) is 5.26 Å². The Kier molecular flexibility index (Phi) is 9.21. The number of anilines is 2. The largest absolute Gasteiger partial charge is 0.396 e. The predicted molar refractivity (Wildman–Crippen MR) is 139 cm³/mol. The molecule has 1 aromatic heterocycles. The average Bonchev–Trinajstić information content (AvgIpc) is 3.10. The molecule has 0 saturated carbocycles. The number of thiophene rings is 1. The SMILES string of the molecule is N#C/N=C1\CCOCCN1c1ccc(NC(=O)[C@@](I)(CCO)NC(=O)c2ccc(Br)s2)cc1. The zero-order valence-electron chi connectivity index (χ0n) is 17.4. The summed E-state index contributed by atoms with van der Waals surface area (Å²) in [7, 11) is 0. The van der Waals surface area contributed by atoms with E-state index >= 15 is 0 Å². The third-order valence-corrected chi connectivity index (χ3v) is 7.70. The van der Waals surface area contributed by atoms with Crippen LogP contribution in [0.1, 0.15) is 22.5 Å².